The molecule has 0 atom stereocenters. The Hall–Kier alpha value is -4.81. The number of nitrogens with zero attached hydrogens (tertiary/aromatic N) is 3. The lowest BCUT2D eigenvalue weighted by atomic mass is 9.79. The first kappa shape index (κ1) is 31.2. The number of aliphatic imine (C=N–C) groups is 1. The minimum absolute atomic E-state index is 0.00717. The molecule has 2 aliphatic heterocycles. The fraction of sp³-hybridized carbons (Fsp3) is 0.294. The van der Waals surface area contributed by atoms with E-state index in [1.807, 2.05) is 75.1 Å². The number of amides is 3. The van der Waals surface area contributed by atoms with Gasteiger partial charge in [0, 0.05) is 54.5 Å². The number of halogens is 1. The van der Waals surface area contributed by atoms with Gasteiger partial charge in [-0.25, -0.2) is 9.18 Å². The number of hydrogen-bond acceptors (Lipinski definition) is 5. The predicted molar refractivity (Wildman–Crippen MR) is 175 cm³/mol. The van der Waals surface area contributed by atoms with Gasteiger partial charge in [0.15, 0.2) is 0 Å². The van der Waals surface area contributed by atoms with Gasteiger partial charge in [-0.15, -0.1) is 0 Å². The molecule has 12 heteroatoms. The largest absolute Gasteiger partial charge is 0.494 e. The van der Waals surface area contributed by atoms with Crippen LogP contribution in [0.1, 0.15) is 43.6 Å². The summed E-state index contributed by atoms with van der Waals surface area (Å²) in [6.45, 7) is 9.11. The number of aromatic amines is 1. The van der Waals surface area contributed by atoms with E-state index >= 15 is 0 Å². The Kier molecular flexibility index (Phi) is 8.26. The van der Waals surface area contributed by atoms with Crippen molar-refractivity contribution in [3.8, 4) is 0 Å². The van der Waals surface area contributed by atoms with Crippen molar-refractivity contribution in [3.05, 3.63) is 95.9 Å². The first-order valence-electron chi connectivity index (χ1n) is 15.2. The van der Waals surface area contributed by atoms with Crippen molar-refractivity contribution in [1.82, 2.24) is 14.8 Å². The quantitative estimate of drug-likeness (QED) is 0.110. The summed E-state index contributed by atoms with van der Waals surface area (Å²) in [6, 6.07) is 20.4. The Balaban J connectivity index is 1.13. The molecule has 3 aromatic carbocycles. The van der Waals surface area contributed by atoms with Crippen molar-refractivity contribution in [2.45, 2.75) is 38.9 Å². The van der Waals surface area contributed by atoms with Gasteiger partial charge in [-0.3, -0.25) is 9.59 Å². The van der Waals surface area contributed by atoms with Crippen LogP contribution in [0.5, 0.6) is 0 Å². The van der Waals surface area contributed by atoms with E-state index in [0.29, 0.717) is 30.1 Å². The van der Waals surface area contributed by atoms with Crippen LogP contribution in [0.3, 0.4) is 0 Å². The second kappa shape index (κ2) is 12.2. The molecule has 46 heavy (non-hydrogen) atoms. The van der Waals surface area contributed by atoms with Crippen molar-refractivity contribution in [2.24, 2.45) is 4.99 Å². The van der Waals surface area contributed by atoms with Gasteiger partial charge in [0.1, 0.15) is 11.7 Å². The van der Waals surface area contributed by atoms with E-state index in [1.165, 1.54) is 23.2 Å². The van der Waals surface area contributed by atoms with Crippen LogP contribution >= 0.6 is 0 Å². The Morgan fingerprint density at radius 2 is 1.48 bits per heavy atom. The minimum Gasteiger partial charge on any atom is -0.399 e. The van der Waals surface area contributed by atoms with Gasteiger partial charge < -0.3 is 29.4 Å². The molecule has 0 bridgehead atoms. The molecule has 2 aliphatic rings. The van der Waals surface area contributed by atoms with Crippen LogP contribution in [0.15, 0.2) is 84.0 Å². The maximum atomic E-state index is 14.5. The normalized spacial score (nSPS) is 17.8. The zero-order valence-corrected chi connectivity index (χ0v) is 26.2. The van der Waals surface area contributed by atoms with E-state index in [4.69, 9.17) is 9.31 Å². The molecule has 236 valence electrons. The molecule has 10 nitrogen and oxygen atoms in total. The lowest BCUT2D eigenvalue weighted by Crippen LogP contribution is -2.52. The smallest absolute Gasteiger partial charge is 0.399 e. The molecule has 6 rings (SSSR count). The topological polar surface area (TPSA) is 116 Å². The zero-order valence-electron chi connectivity index (χ0n) is 26.2. The van der Waals surface area contributed by atoms with Crippen molar-refractivity contribution < 1.29 is 28.1 Å². The third kappa shape index (κ3) is 6.05. The Labute approximate surface area is 266 Å². The Morgan fingerprint density at radius 3 is 2.13 bits per heavy atom. The average molecular weight is 623 g/mol. The number of H-pyrrole nitrogens is 1. The number of aromatic nitrogens is 1. The number of rotatable bonds is 5. The van der Waals surface area contributed by atoms with Gasteiger partial charge in [-0.1, -0.05) is 48.5 Å². The number of fused-ring (bicyclic) bond motifs is 1. The number of ketones is 1. The molecule has 0 aliphatic carbocycles. The number of urea groups is 1. The van der Waals surface area contributed by atoms with Crippen molar-refractivity contribution in [3.63, 3.8) is 0 Å². The van der Waals surface area contributed by atoms with Crippen LogP contribution in [0.25, 0.3) is 10.9 Å². The highest BCUT2D eigenvalue weighted by atomic mass is 19.1. The van der Waals surface area contributed by atoms with Crippen LogP contribution in [0.2, 0.25) is 0 Å². The zero-order chi connectivity index (χ0) is 32.6. The summed E-state index contributed by atoms with van der Waals surface area (Å²) in [7, 11) is -0.512. The molecule has 4 aromatic rings. The summed E-state index contributed by atoms with van der Waals surface area (Å²) in [6.07, 6.45) is 1.37. The Morgan fingerprint density at radius 1 is 0.848 bits per heavy atom. The maximum Gasteiger partial charge on any atom is 0.494 e. The highest BCUT2D eigenvalue weighted by molar-refractivity contribution is 6.62. The highest BCUT2D eigenvalue weighted by Gasteiger charge is 2.51. The van der Waals surface area contributed by atoms with Crippen LogP contribution in [-0.4, -0.2) is 82.8 Å². The van der Waals surface area contributed by atoms with E-state index in [9.17, 15) is 18.8 Å². The van der Waals surface area contributed by atoms with Crippen LogP contribution in [0.4, 0.5) is 14.9 Å². The summed E-state index contributed by atoms with van der Waals surface area (Å²) in [4.78, 5) is 50.1. The number of hydrogen-bond donors (Lipinski definition) is 2. The predicted octanol–water partition coefficient (Wildman–Crippen LogP) is 4.61. The second-order valence-electron chi connectivity index (χ2n) is 12.4. The molecule has 0 unspecified atom stereocenters. The van der Waals surface area contributed by atoms with Gasteiger partial charge in [-0.2, -0.15) is 4.99 Å². The number of carbonyl (C=O) groups excluding carboxylic acids is 3. The number of piperazine rings is 1. The summed E-state index contributed by atoms with van der Waals surface area (Å²) < 4.78 is 26.7. The minimum atomic E-state index is -0.773. The maximum absolute atomic E-state index is 14.5. The lowest BCUT2D eigenvalue weighted by molar-refractivity contribution is -0.127. The van der Waals surface area contributed by atoms with E-state index < -0.39 is 41.9 Å². The molecule has 2 saturated heterocycles. The summed E-state index contributed by atoms with van der Waals surface area (Å²) in [5.74, 6) is -1.60. The fourth-order valence-electron chi connectivity index (χ4n) is 5.55. The van der Waals surface area contributed by atoms with Crippen LogP contribution in [0, 0.1) is 5.82 Å². The standard InChI is InChI=1S/C34H35BFN5O5/c1-33(2)34(3,4)46-35(45-33)23-13-15-24(16-14-23)38-32(44)39-30(22-9-6-5-7-10-22)40-17-19-41(20-18-40)31(43)29(42)25-21-37-27-12-8-11-26(36)28(25)27/h5-16,21,37H,17-20H2,1-4H3,(H,38,44)/b39-30+. The van der Waals surface area contributed by atoms with E-state index in [0.717, 1.165) is 11.0 Å². The molecule has 2 N–H and O–H groups in total. The molecule has 3 amide bonds. The molecule has 1 aromatic heterocycles. The molecule has 0 spiro atoms. The third-order valence-electron chi connectivity index (χ3n) is 8.89. The molecular formula is C34H35BFN5O5. The molecule has 0 radical (unpaired) electrons. The summed E-state index contributed by atoms with van der Waals surface area (Å²) in [5, 5.41) is 2.93. The lowest BCUT2D eigenvalue weighted by Gasteiger charge is -2.36. The van der Waals surface area contributed by atoms with Gasteiger partial charge in [0.2, 0.25) is 0 Å². The van der Waals surface area contributed by atoms with Gasteiger partial charge in [0.05, 0.1) is 16.8 Å². The Bertz CT molecular complexity index is 1800. The number of amidine groups is 1. The third-order valence-corrected chi connectivity index (χ3v) is 8.89. The van der Waals surface area contributed by atoms with E-state index in [-0.39, 0.29) is 24.0 Å². The van der Waals surface area contributed by atoms with Gasteiger partial charge in [0.25, 0.3) is 11.7 Å². The summed E-state index contributed by atoms with van der Waals surface area (Å²) >= 11 is 0. The molecule has 0 saturated carbocycles. The first-order chi connectivity index (χ1) is 21.9. The van der Waals surface area contributed by atoms with Crippen molar-refractivity contribution in [2.75, 3.05) is 31.5 Å². The SMILES string of the molecule is CC1(C)OB(c2ccc(NC(=O)/N=C(\c3ccccc3)N3CCN(C(=O)C(=O)c4c[nH]c5cccc(F)c45)CC3)cc2)OC1(C)C. The summed E-state index contributed by atoms with van der Waals surface area (Å²) in [5.41, 5.74) is 1.67. The van der Waals surface area contributed by atoms with Crippen LogP contribution in [-0.2, 0) is 14.1 Å². The van der Waals surface area contributed by atoms with E-state index in [1.54, 1.807) is 18.2 Å². The number of carbonyl (C=O) groups is 3. The molecule has 3 heterocycles. The second-order valence-corrected chi connectivity index (χ2v) is 12.4. The number of benzene rings is 3. The highest BCUT2D eigenvalue weighted by Crippen LogP contribution is 2.36. The van der Waals surface area contributed by atoms with E-state index in [2.05, 4.69) is 15.3 Å². The molecule has 2 fully saturated rings. The van der Waals surface area contributed by atoms with Gasteiger partial charge >= 0.3 is 13.1 Å². The monoisotopic (exact) mass is 623 g/mol. The molecular weight excluding hydrogens is 588 g/mol. The van der Waals surface area contributed by atoms with Crippen molar-refractivity contribution in [1.29, 1.82) is 0 Å². The fourth-order valence-corrected chi connectivity index (χ4v) is 5.55. The number of nitrogens with one attached hydrogen (secondary N) is 2. The first-order valence-corrected chi connectivity index (χ1v) is 15.2. The van der Waals surface area contributed by atoms with Gasteiger partial charge in [-0.05, 0) is 57.4 Å². The van der Waals surface area contributed by atoms with Crippen LogP contribution < -0.4 is 10.8 Å². The van der Waals surface area contributed by atoms with Crippen molar-refractivity contribution >= 4 is 52.7 Å². The average Bonchev–Trinajstić information content (AvgIpc) is 3.58. The number of Topliss-reactive ketones (excluding diaryl/α,β-unsaturated/α-hetero) is 1. The number of anilines is 1.